The molecule has 0 atom stereocenters. The number of furan rings is 1. The van der Waals surface area contributed by atoms with Crippen molar-refractivity contribution in [1.29, 1.82) is 0 Å². The monoisotopic (exact) mass is 194 g/mol. The van der Waals surface area contributed by atoms with E-state index in [4.69, 9.17) is 4.42 Å². The number of aryl methyl sites for hydroxylation is 1. The van der Waals surface area contributed by atoms with E-state index in [0.717, 1.165) is 19.3 Å². The zero-order valence-corrected chi connectivity index (χ0v) is 10.1. The molecule has 0 bridgehead atoms. The first-order chi connectivity index (χ1) is 6.59. The van der Waals surface area contributed by atoms with Crippen LogP contribution < -0.4 is 0 Å². The Morgan fingerprint density at radius 1 is 1.21 bits per heavy atom. The van der Waals surface area contributed by atoms with Gasteiger partial charge < -0.3 is 4.42 Å². The summed E-state index contributed by atoms with van der Waals surface area (Å²) in [6, 6.07) is 0. The highest BCUT2D eigenvalue weighted by Crippen LogP contribution is 2.35. The summed E-state index contributed by atoms with van der Waals surface area (Å²) in [7, 11) is 0. The molecule has 0 N–H and O–H groups in total. The molecule has 14 heavy (non-hydrogen) atoms. The average Bonchev–Trinajstić information content (AvgIpc) is 2.58. The van der Waals surface area contributed by atoms with Crippen molar-refractivity contribution >= 4 is 0 Å². The molecule has 1 heteroatoms. The lowest BCUT2D eigenvalue weighted by Crippen LogP contribution is -2.20. The van der Waals surface area contributed by atoms with Crippen LogP contribution in [0, 0.1) is 6.92 Å². The topological polar surface area (TPSA) is 13.1 Å². The Hall–Kier alpha value is -0.720. The lowest BCUT2D eigenvalue weighted by Gasteiger charge is -2.25. The first-order valence-corrected chi connectivity index (χ1v) is 5.66. The minimum absolute atomic E-state index is 0.222. The van der Waals surface area contributed by atoms with Crippen molar-refractivity contribution in [2.24, 2.45) is 0 Å². The normalized spacial score (nSPS) is 12.1. The van der Waals surface area contributed by atoms with Crippen molar-refractivity contribution in [3.63, 3.8) is 0 Å². The summed E-state index contributed by atoms with van der Waals surface area (Å²) >= 11 is 0. The number of rotatable bonds is 4. The van der Waals surface area contributed by atoms with Gasteiger partial charge in [-0.25, -0.2) is 0 Å². The molecular weight excluding hydrogens is 172 g/mol. The molecule has 1 aromatic rings. The maximum atomic E-state index is 5.73. The van der Waals surface area contributed by atoms with Crippen molar-refractivity contribution in [2.75, 3.05) is 0 Å². The quantitative estimate of drug-likeness (QED) is 0.699. The van der Waals surface area contributed by atoms with E-state index in [0.29, 0.717) is 0 Å². The van der Waals surface area contributed by atoms with Gasteiger partial charge in [0.25, 0.3) is 0 Å². The van der Waals surface area contributed by atoms with Gasteiger partial charge >= 0.3 is 0 Å². The van der Waals surface area contributed by atoms with Crippen LogP contribution in [0.2, 0.25) is 0 Å². The molecule has 0 aliphatic carbocycles. The van der Waals surface area contributed by atoms with Crippen LogP contribution in [-0.2, 0) is 11.8 Å². The summed E-state index contributed by atoms with van der Waals surface area (Å²) in [6.45, 7) is 11.1. The Labute approximate surface area is 87.5 Å². The highest BCUT2D eigenvalue weighted by molar-refractivity contribution is 5.31. The maximum Gasteiger partial charge on any atom is 0.113 e. The molecule has 0 aromatic carbocycles. The average molecular weight is 194 g/mol. The van der Waals surface area contributed by atoms with Gasteiger partial charge in [0.15, 0.2) is 0 Å². The van der Waals surface area contributed by atoms with E-state index >= 15 is 0 Å². The first kappa shape index (κ1) is 11.4. The zero-order valence-electron chi connectivity index (χ0n) is 10.1. The fourth-order valence-corrected chi connectivity index (χ4v) is 1.99. The highest BCUT2D eigenvalue weighted by atomic mass is 16.3. The van der Waals surface area contributed by atoms with Crippen molar-refractivity contribution < 1.29 is 4.42 Å². The fraction of sp³-hybridized carbons (Fsp3) is 0.692. The standard InChI is InChI=1S/C13H22O/c1-6-11-10(4)9-14-12(11)13(5,7-2)8-3/h9H,6-8H2,1-5H3. The van der Waals surface area contributed by atoms with Gasteiger partial charge in [0.1, 0.15) is 5.76 Å². The molecule has 0 aliphatic rings. The Balaban J connectivity index is 3.16. The molecule has 0 fully saturated rings. The van der Waals surface area contributed by atoms with Gasteiger partial charge in [-0.1, -0.05) is 27.7 Å². The van der Waals surface area contributed by atoms with Crippen LogP contribution in [-0.4, -0.2) is 0 Å². The molecule has 1 nitrogen and oxygen atoms in total. The van der Waals surface area contributed by atoms with Crippen molar-refractivity contribution in [1.82, 2.24) is 0 Å². The summed E-state index contributed by atoms with van der Waals surface area (Å²) in [4.78, 5) is 0. The molecule has 0 saturated heterocycles. The summed E-state index contributed by atoms with van der Waals surface area (Å²) in [6.07, 6.45) is 5.26. The van der Waals surface area contributed by atoms with E-state index in [9.17, 15) is 0 Å². The van der Waals surface area contributed by atoms with Crippen LogP contribution >= 0.6 is 0 Å². The highest BCUT2D eigenvalue weighted by Gasteiger charge is 2.28. The SMILES string of the molecule is CCc1c(C)coc1C(C)(CC)CC. The molecule has 80 valence electrons. The minimum Gasteiger partial charge on any atom is -0.468 e. The van der Waals surface area contributed by atoms with Gasteiger partial charge in [0.05, 0.1) is 6.26 Å². The van der Waals surface area contributed by atoms with Crippen molar-refractivity contribution in [3.05, 3.63) is 23.2 Å². The molecule has 0 aliphatic heterocycles. The Morgan fingerprint density at radius 3 is 2.21 bits per heavy atom. The van der Waals surface area contributed by atoms with Crippen LogP contribution in [0.1, 0.15) is 57.4 Å². The third-order valence-electron chi connectivity index (χ3n) is 3.57. The van der Waals surface area contributed by atoms with Crippen LogP contribution in [0.15, 0.2) is 10.7 Å². The van der Waals surface area contributed by atoms with Crippen molar-refractivity contribution in [3.8, 4) is 0 Å². The molecule has 0 unspecified atom stereocenters. The van der Waals surface area contributed by atoms with Gasteiger partial charge in [-0.3, -0.25) is 0 Å². The lowest BCUT2D eigenvalue weighted by molar-refractivity contribution is 0.336. The maximum absolute atomic E-state index is 5.73. The van der Waals surface area contributed by atoms with Crippen LogP contribution in [0.5, 0.6) is 0 Å². The molecule has 0 spiro atoms. The van der Waals surface area contributed by atoms with E-state index in [-0.39, 0.29) is 5.41 Å². The molecule has 0 saturated carbocycles. The molecule has 0 amide bonds. The van der Waals surface area contributed by atoms with Gasteiger partial charge in [0.2, 0.25) is 0 Å². The van der Waals surface area contributed by atoms with E-state index in [1.165, 1.54) is 16.9 Å². The second-order valence-corrected chi connectivity index (χ2v) is 4.35. The van der Waals surface area contributed by atoms with Crippen LogP contribution in [0.3, 0.4) is 0 Å². The summed E-state index contributed by atoms with van der Waals surface area (Å²) in [5.41, 5.74) is 2.94. The van der Waals surface area contributed by atoms with E-state index in [1.807, 2.05) is 6.26 Å². The largest absolute Gasteiger partial charge is 0.468 e. The van der Waals surface area contributed by atoms with Crippen molar-refractivity contribution in [2.45, 2.75) is 59.3 Å². The minimum atomic E-state index is 0.222. The third kappa shape index (κ3) is 1.73. The lowest BCUT2D eigenvalue weighted by atomic mass is 9.79. The van der Waals surface area contributed by atoms with E-state index < -0.39 is 0 Å². The predicted molar refractivity (Wildman–Crippen MR) is 60.8 cm³/mol. The van der Waals surface area contributed by atoms with Gasteiger partial charge in [0, 0.05) is 5.41 Å². The second-order valence-electron chi connectivity index (χ2n) is 4.35. The Kier molecular flexibility index (Phi) is 3.41. The molecule has 1 aromatic heterocycles. The van der Waals surface area contributed by atoms with Crippen LogP contribution in [0.4, 0.5) is 0 Å². The Morgan fingerprint density at radius 2 is 1.79 bits per heavy atom. The summed E-state index contributed by atoms with van der Waals surface area (Å²) < 4.78 is 5.73. The number of hydrogen-bond donors (Lipinski definition) is 0. The first-order valence-electron chi connectivity index (χ1n) is 5.66. The van der Waals surface area contributed by atoms with Gasteiger partial charge in [-0.15, -0.1) is 0 Å². The summed E-state index contributed by atoms with van der Waals surface area (Å²) in [5, 5.41) is 0. The second kappa shape index (κ2) is 4.20. The third-order valence-corrected chi connectivity index (χ3v) is 3.57. The molecular formula is C13H22O. The molecule has 1 rings (SSSR count). The zero-order chi connectivity index (χ0) is 10.8. The number of hydrogen-bond acceptors (Lipinski definition) is 1. The fourth-order valence-electron chi connectivity index (χ4n) is 1.99. The smallest absolute Gasteiger partial charge is 0.113 e. The van der Waals surface area contributed by atoms with Gasteiger partial charge in [-0.05, 0) is 37.3 Å². The molecule has 1 heterocycles. The summed E-state index contributed by atoms with van der Waals surface area (Å²) in [5.74, 6) is 1.21. The van der Waals surface area contributed by atoms with E-state index in [2.05, 4.69) is 34.6 Å². The van der Waals surface area contributed by atoms with Gasteiger partial charge in [-0.2, -0.15) is 0 Å². The molecule has 0 radical (unpaired) electrons. The predicted octanol–water partition coefficient (Wildman–Crippen LogP) is 4.23. The Bertz CT molecular complexity index is 292. The van der Waals surface area contributed by atoms with Crippen LogP contribution in [0.25, 0.3) is 0 Å². The van der Waals surface area contributed by atoms with E-state index in [1.54, 1.807) is 0 Å².